The van der Waals surface area contributed by atoms with E-state index in [1.54, 1.807) is 35.2 Å². The van der Waals surface area contributed by atoms with Gasteiger partial charge >= 0.3 is 0 Å². The molecule has 2 aromatic carbocycles. The molecule has 0 spiro atoms. The van der Waals surface area contributed by atoms with Crippen molar-refractivity contribution < 1.29 is 22.7 Å². The van der Waals surface area contributed by atoms with Gasteiger partial charge in [0.25, 0.3) is 15.9 Å². The highest BCUT2D eigenvalue weighted by molar-refractivity contribution is 7.92. The van der Waals surface area contributed by atoms with Crippen molar-refractivity contribution in [1.29, 1.82) is 0 Å². The first-order valence-corrected chi connectivity index (χ1v) is 11.2. The van der Waals surface area contributed by atoms with Gasteiger partial charge in [-0.15, -0.1) is 0 Å². The molecule has 1 heterocycles. The first-order valence-electron chi connectivity index (χ1n) is 9.67. The summed E-state index contributed by atoms with van der Waals surface area (Å²) >= 11 is 0. The van der Waals surface area contributed by atoms with Gasteiger partial charge in [0.15, 0.2) is 0 Å². The SMILES string of the molecule is CCOc1ccc(NS(=O)(=O)c2cc(C(=O)N3CCCCC3)ccc2OC)cc1. The maximum absolute atomic E-state index is 13.0. The van der Waals surface area contributed by atoms with Crippen molar-refractivity contribution in [1.82, 2.24) is 4.90 Å². The second-order valence-electron chi connectivity index (χ2n) is 6.78. The minimum atomic E-state index is -3.95. The number of sulfonamides is 1. The fourth-order valence-electron chi connectivity index (χ4n) is 3.30. The van der Waals surface area contributed by atoms with E-state index < -0.39 is 10.0 Å². The maximum atomic E-state index is 13.0. The summed E-state index contributed by atoms with van der Waals surface area (Å²) in [4.78, 5) is 14.5. The molecule has 2 aromatic rings. The number of methoxy groups -OCH3 is 1. The van der Waals surface area contributed by atoms with Crippen LogP contribution in [0.3, 0.4) is 0 Å². The van der Waals surface area contributed by atoms with Crippen LogP contribution >= 0.6 is 0 Å². The fourth-order valence-corrected chi connectivity index (χ4v) is 4.55. The summed E-state index contributed by atoms with van der Waals surface area (Å²) in [5.74, 6) is 0.672. The van der Waals surface area contributed by atoms with Gasteiger partial charge in [-0.05, 0) is 68.7 Å². The Bertz CT molecular complexity index is 952. The Kier molecular flexibility index (Phi) is 6.64. The molecule has 0 radical (unpaired) electrons. The predicted octanol–water partition coefficient (Wildman–Crippen LogP) is 3.52. The molecule has 1 fully saturated rings. The Morgan fingerprint density at radius 3 is 2.38 bits per heavy atom. The number of likely N-dealkylation sites (tertiary alicyclic amines) is 1. The van der Waals surface area contributed by atoms with E-state index in [2.05, 4.69) is 4.72 Å². The molecule has 29 heavy (non-hydrogen) atoms. The van der Waals surface area contributed by atoms with Crippen LogP contribution in [0.1, 0.15) is 36.5 Å². The summed E-state index contributed by atoms with van der Waals surface area (Å²) in [7, 11) is -2.55. The molecule has 3 rings (SSSR count). The van der Waals surface area contributed by atoms with Crippen LogP contribution in [-0.2, 0) is 10.0 Å². The number of anilines is 1. The lowest BCUT2D eigenvalue weighted by Crippen LogP contribution is -2.35. The molecule has 0 unspecified atom stereocenters. The number of piperidine rings is 1. The Labute approximate surface area is 171 Å². The lowest BCUT2D eigenvalue weighted by molar-refractivity contribution is 0.0724. The maximum Gasteiger partial charge on any atom is 0.265 e. The zero-order chi connectivity index (χ0) is 20.9. The molecule has 1 aliphatic rings. The molecule has 0 atom stereocenters. The summed E-state index contributed by atoms with van der Waals surface area (Å²) in [5.41, 5.74) is 0.725. The van der Waals surface area contributed by atoms with Gasteiger partial charge in [0.2, 0.25) is 0 Å². The van der Waals surface area contributed by atoms with Crippen LogP contribution in [0, 0.1) is 0 Å². The average molecular weight is 419 g/mol. The monoisotopic (exact) mass is 418 g/mol. The molecule has 0 bridgehead atoms. The van der Waals surface area contributed by atoms with Crippen molar-refractivity contribution >= 4 is 21.6 Å². The van der Waals surface area contributed by atoms with E-state index in [1.165, 1.54) is 19.2 Å². The summed E-state index contributed by atoms with van der Waals surface area (Å²) in [5, 5.41) is 0. The second kappa shape index (κ2) is 9.17. The third-order valence-corrected chi connectivity index (χ3v) is 6.16. The summed E-state index contributed by atoms with van der Waals surface area (Å²) in [6.07, 6.45) is 3.04. The lowest BCUT2D eigenvalue weighted by atomic mass is 10.1. The van der Waals surface area contributed by atoms with Gasteiger partial charge in [0.05, 0.1) is 13.7 Å². The number of carbonyl (C=O) groups is 1. The number of nitrogens with zero attached hydrogens (tertiary/aromatic N) is 1. The fraction of sp³-hybridized carbons (Fsp3) is 0.381. The van der Waals surface area contributed by atoms with Gasteiger partial charge in [0.1, 0.15) is 16.4 Å². The van der Waals surface area contributed by atoms with Crippen LogP contribution < -0.4 is 14.2 Å². The minimum Gasteiger partial charge on any atom is -0.495 e. The van der Waals surface area contributed by atoms with Gasteiger partial charge in [-0.1, -0.05) is 0 Å². The zero-order valence-electron chi connectivity index (χ0n) is 16.7. The quantitative estimate of drug-likeness (QED) is 0.744. The van der Waals surface area contributed by atoms with Gasteiger partial charge in [-0.2, -0.15) is 0 Å². The molecule has 1 amide bonds. The van der Waals surface area contributed by atoms with E-state index in [4.69, 9.17) is 9.47 Å². The van der Waals surface area contributed by atoms with Gasteiger partial charge in [-0.25, -0.2) is 8.42 Å². The van der Waals surface area contributed by atoms with E-state index >= 15 is 0 Å². The first-order chi connectivity index (χ1) is 13.9. The molecule has 0 aromatic heterocycles. The third kappa shape index (κ3) is 5.00. The molecular weight excluding hydrogens is 392 g/mol. The molecule has 1 N–H and O–H groups in total. The summed E-state index contributed by atoms with van der Waals surface area (Å²) < 4.78 is 39.1. The summed E-state index contributed by atoms with van der Waals surface area (Å²) in [6.45, 7) is 3.79. The first kappa shape index (κ1) is 21.0. The number of hydrogen-bond donors (Lipinski definition) is 1. The zero-order valence-corrected chi connectivity index (χ0v) is 17.5. The van der Waals surface area contributed by atoms with Crippen LogP contribution in [-0.4, -0.2) is 46.0 Å². The van der Waals surface area contributed by atoms with Crippen molar-refractivity contribution in [2.75, 3.05) is 31.5 Å². The molecule has 8 heteroatoms. The van der Waals surface area contributed by atoms with E-state index in [0.717, 1.165) is 19.3 Å². The van der Waals surface area contributed by atoms with Crippen LogP contribution in [0.25, 0.3) is 0 Å². The van der Waals surface area contributed by atoms with Gasteiger partial charge < -0.3 is 14.4 Å². The summed E-state index contributed by atoms with van der Waals surface area (Å²) in [6, 6.07) is 11.1. The second-order valence-corrected chi connectivity index (χ2v) is 8.43. The normalized spacial score (nSPS) is 14.3. The number of amides is 1. The largest absolute Gasteiger partial charge is 0.495 e. The van der Waals surface area contributed by atoms with Crippen LogP contribution in [0.15, 0.2) is 47.4 Å². The average Bonchev–Trinajstić information content (AvgIpc) is 2.75. The van der Waals surface area contributed by atoms with Crippen LogP contribution in [0.5, 0.6) is 11.5 Å². The predicted molar refractivity (Wildman–Crippen MR) is 111 cm³/mol. The topological polar surface area (TPSA) is 84.9 Å². The molecule has 0 saturated carbocycles. The number of hydrogen-bond acceptors (Lipinski definition) is 5. The van der Waals surface area contributed by atoms with Crippen LogP contribution in [0.4, 0.5) is 5.69 Å². The van der Waals surface area contributed by atoms with E-state index in [1.807, 2.05) is 6.92 Å². The van der Waals surface area contributed by atoms with Crippen molar-refractivity contribution in [3.8, 4) is 11.5 Å². The molecule has 0 aliphatic carbocycles. The number of rotatable bonds is 7. The highest BCUT2D eigenvalue weighted by Gasteiger charge is 2.24. The Hall–Kier alpha value is -2.74. The Morgan fingerprint density at radius 2 is 1.76 bits per heavy atom. The van der Waals surface area contributed by atoms with E-state index in [9.17, 15) is 13.2 Å². The van der Waals surface area contributed by atoms with Crippen molar-refractivity contribution in [2.45, 2.75) is 31.1 Å². The molecular formula is C21H26N2O5S. The number of nitrogens with one attached hydrogen (secondary N) is 1. The van der Waals surface area contributed by atoms with Crippen molar-refractivity contribution in [3.63, 3.8) is 0 Å². The van der Waals surface area contributed by atoms with E-state index in [-0.39, 0.29) is 16.6 Å². The Morgan fingerprint density at radius 1 is 1.07 bits per heavy atom. The van der Waals surface area contributed by atoms with E-state index in [0.29, 0.717) is 36.7 Å². The minimum absolute atomic E-state index is 0.0725. The number of benzene rings is 2. The lowest BCUT2D eigenvalue weighted by Gasteiger charge is -2.27. The molecule has 156 valence electrons. The smallest absolute Gasteiger partial charge is 0.265 e. The highest BCUT2D eigenvalue weighted by Crippen LogP contribution is 2.28. The van der Waals surface area contributed by atoms with Gasteiger partial charge in [-0.3, -0.25) is 9.52 Å². The number of ether oxygens (including phenoxy) is 2. The standard InChI is InChI=1S/C21H26N2O5S/c1-3-28-18-10-8-17(9-11-18)22-29(25,26)20-15-16(7-12-19(20)27-2)21(24)23-13-5-4-6-14-23/h7-12,15,22H,3-6,13-14H2,1-2H3. The van der Waals surface area contributed by atoms with Gasteiger partial charge in [0, 0.05) is 24.3 Å². The van der Waals surface area contributed by atoms with Crippen molar-refractivity contribution in [3.05, 3.63) is 48.0 Å². The van der Waals surface area contributed by atoms with Crippen LogP contribution in [0.2, 0.25) is 0 Å². The molecule has 1 aliphatic heterocycles. The third-order valence-electron chi connectivity index (χ3n) is 4.76. The number of carbonyl (C=O) groups excluding carboxylic acids is 1. The van der Waals surface area contributed by atoms with Crippen molar-refractivity contribution in [2.24, 2.45) is 0 Å². The highest BCUT2D eigenvalue weighted by atomic mass is 32.2. The Balaban J connectivity index is 1.87. The molecule has 7 nitrogen and oxygen atoms in total. The molecule has 1 saturated heterocycles.